The molecule has 0 saturated carbocycles. The van der Waals surface area contributed by atoms with Gasteiger partial charge in [0.1, 0.15) is 10.2 Å². The maximum Gasteiger partial charge on any atom is 0.266 e. The summed E-state index contributed by atoms with van der Waals surface area (Å²) in [6, 6.07) is 11.4. The highest BCUT2D eigenvalue weighted by Crippen LogP contribution is 2.24. The molecule has 0 bridgehead atoms. The van der Waals surface area contributed by atoms with E-state index >= 15 is 0 Å². The second kappa shape index (κ2) is 5.05. The molecule has 5 nitrogen and oxygen atoms in total. The van der Waals surface area contributed by atoms with E-state index in [9.17, 15) is 4.79 Å². The highest BCUT2D eigenvalue weighted by molar-refractivity contribution is 9.10. The second-order valence-corrected chi connectivity index (χ2v) is 5.11. The van der Waals surface area contributed by atoms with Gasteiger partial charge in [-0.3, -0.25) is 9.48 Å². The number of aryl methyl sites for hydroxylation is 1. The van der Waals surface area contributed by atoms with E-state index in [4.69, 9.17) is 0 Å². The molecule has 0 atom stereocenters. The van der Waals surface area contributed by atoms with E-state index in [1.807, 2.05) is 37.4 Å². The maximum atomic E-state index is 12.0. The monoisotopic (exact) mass is 330 g/mol. The molecule has 1 N–H and O–H groups in total. The largest absolute Gasteiger partial charge is 0.304 e. The molecule has 0 spiro atoms. The Morgan fingerprint density at radius 2 is 1.95 bits per heavy atom. The van der Waals surface area contributed by atoms with E-state index in [1.165, 1.54) is 0 Å². The normalized spacial score (nSPS) is 10.7. The first-order chi connectivity index (χ1) is 9.65. The topological polar surface area (TPSA) is 63.6 Å². The van der Waals surface area contributed by atoms with Crippen molar-refractivity contribution in [2.45, 2.75) is 0 Å². The van der Waals surface area contributed by atoms with Crippen LogP contribution in [-0.2, 0) is 7.05 Å². The van der Waals surface area contributed by atoms with Crippen molar-refractivity contribution in [3.63, 3.8) is 0 Å². The van der Waals surface area contributed by atoms with Gasteiger partial charge in [-0.25, -0.2) is 4.98 Å². The average Bonchev–Trinajstić information content (AvgIpc) is 2.89. The molecule has 0 saturated heterocycles. The third-order valence-corrected chi connectivity index (χ3v) is 3.60. The van der Waals surface area contributed by atoms with Gasteiger partial charge in [0.05, 0.1) is 5.69 Å². The molecule has 3 rings (SSSR count). The average molecular weight is 331 g/mol. The Morgan fingerprint density at radius 3 is 2.60 bits per heavy atom. The first kappa shape index (κ1) is 12.8. The number of nitrogens with zero attached hydrogens (tertiary/aromatic N) is 3. The lowest BCUT2D eigenvalue weighted by atomic mass is 10.1. The van der Waals surface area contributed by atoms with Crippen LogP contribution in [0, 0.1) is 0 Å². The molecule has 2 heterocycles. The fraction of sp³-hybridized carbons (Fsp3) is 0.0714. The lowest BCUT2D eigenvalue weighted by Crippen LogP contribution is -2.12. The molecule has 0 amide bonds. The molecule has 0 aliphatic carbocycles. The van der Waals surface area contributed by atoms with E-state index in [2.05, 4.69) is 31.0 Å². The molecule has 0 aliphatic rings. The van der Waals surface area contributed by atoms with Crippen molar-refractivity contribution in [3.8, 4) is 22.8 Å². The molecule has 3 aromatic rings. The van der Waals surface area contributed by atoms with Crippen LogP contribution in [0.25, 0.3) is 22.8 Å². The van der Waals surface area contributed by atoms with Crippen molar-refractivity contribution in [1.29, 1.82) is 0 Å². The molecule has 0 fully saturated rings. The molecule has 6 heteroatoms. The van der Waals surface area contributed by atoms with Gasteiger partial charge >= 0.3 is 0 Å². The standard InChI is InChI=1S/C14H11BrN4O/c1-19-8-7-10(18-19)13-16-12(11(15)14(20)17-13)9-5-3-2-4-6-9/h2-8H,1H3,(H,16,17,20). The van der Waals surface area contributed by atoms with Gasteiger partial charge in [-0.1, -0.05) is 30.3 Å². The van der Waals surface area contributed by atoms with E-state index in [-0.39, 0.29) is 5.56 Å². The molecule has 2 aromatic heterocycles. The van der Waals surface area contributed by atoms with Crippen LogP contribution in [-0.4, -0.2) is 19.7 Å². The maximum absolute atomic E-state index is 12.0. The molecule has 0 unspecified atom stereocenters. The Hall–Kier alpha value is -2.21. The van der Waals surface area contributed by atoms with Crippen molar-refractivity contribution in [1.82, 2.24) is 19.7 Å². The summed E-state index contributed by atoms with van der Waals surface area (Å²) < 4.78 is 2.09. The van der Waals surface area contributed by atoms with Crippen LogP contribution in [0.3, 0.4) is 0 Å². The quantitative estimate of drug-likeness (QED) is 0.785. The van der Waals surface area contributed by atoms with Crippen molar-refractivity contribution < 1.29 is 0 Å². The smallest absolute Gasteiger partial charge is 0.266 e. The van der Waals surface area contributed by atoms with Crippen LogP contribution in [0.5, 0.6) is 0 Å². The van der Waals surface area contributed by atoms with Crippen LogP contribution in [0.1, 0.15) is 0 Å². The number of H-pyrrole nitrogens is 1. The Balaban J connectivity index is 2.21. The first-order valence-corrected chi connectivity index (χ1v) is 6.80. The first-order valence-electron chi connectivity index (χ1n) is 6.00. The van der Waals surface area contributed by atoms with Gasteiger partial charge in [-0.2, -0.15) is 5.10 Å². The molecular formula is C14H11BrN4O. The minimum atomic E-state index is -0.223. The van der Waals surface area contributed by atoms with Gasteiger partial charge in [0, 0.05) is 18.8 Å². The minimum absolute atomic E-state index is 0.223. The summed E-state index contributed by atoms with van der Waals surface area (Å²) in [6.45, 7) is 0. The van der Waals surface area contributed by atoms with E-state index < -0.39 is 0 Å². The summed E-state index contributed by atoms with van der Waals surface area (Å²) >= 11 is 3.30. The number of hydrogen-bond acceptors (Lipinski definition) is 3. The zero-order valence-corrected chi connectivity index (χ0v) is 12.3. The Morgan fingerprint density at radius 1 is 1.20 bits per heavy atom. The molecular weight excluding hydrogens is 320 g/mol. The Labute approximate surface area is 123 Å². The summed E-state index contributed by atoms with van der Waals surface area (Å²) in [7, 11) is 1.82. The fourth-order valence-electron chi connectivity index (χ4n) is 1.91. The number of hydrogen-bond donors (Lipinski definition) is 1. The SMILES string of the molecule is Cn1ccc(-c2nc(-c3ccccc3)c(Br)c(=O)[nH]2)n1. The number of aromatic amines is 1. The van der Waals surface area contributed by atoms with Crippen molar-refractivity contribution in [2.24, 2.45) is 7.05 Å². The van der Waals surface area contributed by atoms with E-state index in [0.717, 1.165) is 5.56 Å². The Kier molecular flexibility index (Phi) is 3.23. The predicted molar refractivity (Wildman–Crippen MR) is 80.2 cm³/mol. The van der Waals surface area contributed by atoms with Gasteiger partial charge in [-0.05, 0) is 22.0 Å². The number of halogens is 1. The molecule has 0 aliphatic heterocycles. The van der Waals surface area contributed by atoms with Crippen LogP contribution in [0.2, 0.25) is 0 Å². The highest BCUT2D eigenvalue weighted by Gasteiger charge is 2.13. The highest BCUT2D eigenvalue weighted by atomic mass is 79.9. The molecule has 0 radical (unpaired) electrons. The predicted octanol–water partition coefficient (Wildman–Crippen LogP) is 2.60. The zero-order chi connectivity index (χ0) is 14.1. The van der Waals surface area contributed by atoms with Crippen LogP contribution < -0.4 is 5.56 Å². The zero-order valence-electron chi connectivity index (χ0n) is 10.7. The summed E-state index contributed by atoms with van der Waals surface area (Å²) in [5.41, 5.74) is 1.89. The fourth-order valence-corrected chi connectivity index (χ4v) is 2.33. The van der Waals surface area contributed by atoms with Gasteiger partial charge in [0.25, 0.3) is 5.56 Å². The van der Waals surface area contributed by atoms with Crippen molar-refractivity contribution in [2.75, 3.05) is 0 Å². The summed E-state index contributed by atoms with van der Waals surface area (Å²) in [4.78, 5) is 19.3. The van der Waals surface area contributed by atoms with Gasteiger partial charge in [0.15, 0.2) is 5.82 Å². The third-order valence-electron chi connectivity index (χ3n) is 2.87. The number of benzene rings is 1. The van der Waals surface area contributed by atoms with Crippen molar-refractivity contribution in [3.05, 3.63) is 57.4 Å². The summed E-state index contributed by atoms with van der Waals surface area (Å²) in [5.74, 6) is 0.456. The lowest BCUT2D eigenvalue weighted by Gasteiger charge is -2.05. The van der Waals surface area contributed by atoms with E-state index in [1.54, 1.807) is 16.9 Å². The number of rotatable bonds is 2. The molecule has 20 heavy (non-hydrogen) atoms. The Bertz CT molecular complexity index is 808. The van der Waals surface area contributed by atoms with Gasteiger partial charge in [-0.15, -0.1) is 0 Å². The lowest BCUT2D eigenvalue weighted by molar-refractivity contribution is 0.768. The number of nitrogens with one attached hydrogen (secondary N) is 1. The summed E-state index contributed by atoms with van der Waals surface area (Å²) in [6.07, 6.45) is 1.81. The number of aromatic nitrogens is 4. The summed E-state index contributed by atoms with van der Waals surface area (Å²) in [5, 5.41) is 4.26. The minimum Gasteiger partial charge on any atom is -0.304 e. The van der Waals surface area contributed by atoms with Gasteiger partial charge < -0.3 is 4.98 Å². The van der Waals surface area contributed by atoms with Gasteiger partial charge in [0.2, 0.25) is 0 Å². The van der Waals surface area contributed by atoms with E-state index in [0.29, 0.717) is 21.7 Å². The van der Waals surface area contributed by atoms with Crippen molar-refractivity contribution >= 4 is 15.9 Å². The molecule has 100 valence electrons. The molecule has 1 aromatic carbocycles. The second-order valence-electron chi connectivity index (χ2n) is 4.32. The third kappa shape index (κ3) is 2.30. The van der Waals surface area contributed by atoms with Crippen LogP contribution in [0.4, 0.5) is 0 Å². The van der Waals surface area contributed by atoms with Crippen LogP contribution >= 0.6 is 15.9 Å². The van der Waals surface area contributed by atoms with Crippen LogP contribution in [0.15, 0.2) is 51.9 Å².